The molecule has 0 bridgehead atoms. The number of hydrogen-bond donors (Lipinski definition) is 2. The minimum absolute atomic E-state index is 0.0207. The predicted molar refractivity (Wildman–Crippen MR) is 65.9 cm³/mol. The third kappa shape index (κ3) is 2.44. The highest BCUT2D eigenvalue weighted by Crippen LogP contribution is 2.36. The van der Waals surface area contributed by atoms with Crippen LogP contribution in [0.1, 0.15) is 26.3 Å². The van der Waals surface area contributed by atoms with Crippen molar-refractivity contribution in [3.8, 4) is 5.75 Å². The fraction of sp³-hybridized carbons (Fsp3) is 0.500. The summed E-state index contributed by atoms with van der Waals surface area (Å²) in [6, 6.07) is 6.09. The lowest BCUT2D eigenvalue weighted by atomic mass is 9.86. The van der Waals surface area contributed by atoms with Crippen LogP contribution in [0.4, 0.5) is 0 Å². The normalized spacial score (nSPS) is 12.8. The number of phenols is 1. The molecule has 0 fully saturated rings. The first-order valence-corrected chi connectivity index (χ1v) is 7.07. The van der Waals surface area contributed by atoms with E-state index in [4.69, 9.17) is 0 Å². The number of phenolic OH excluding ortho intramolecular Hbond substituents is 1. The Morgan fingerprint density at radius 1 is 1.14 bits per heavy atom. The van der Waals surface area contributed by atoms with Crippen molar-refractivity contribution in [2.75, 3.05) is 12.5 Å². The van der Waals surface area contributed by atoms with Gasteiger partial charge in [0.15, 0.2) is 0 Å². The van der Waals surface area contributed by atoms with Gasteiger partial charge in [0.1, 0.15) is 5.75 Å². The zero-order valence-corrected chi connectivity index (χ0v) is 10.5. The van der Waals surface area contributed by atoms with E-state index in [9.17, 15) is 5.11 Å². The lowest BCUT2D eigenvalue weighted by Crippen LogP contribution is -2.11. The average molecular weight is 212 g/mol. The van der Waals surface area contributed by atoms with Crippen molar-refractivity contribution in [3.05, 3.63) is 23.8 Å². The molecule has 0 aliphatic carbocycles. The van der Waals surface area contributed by atoms with E-state index in [2.05, 4.69) is 39.3 Å². The zero-order chi connectivity index (χ0) is 10.9. The highest BCUT2D eigenvalue weighted by atomic mass is 32.2. The number of hydrogen-bond acceptors (Lipinski definition) is 1. The smallest absolute Gasteiger partial charge is 0.120 e. The molecule has 1 rings (SSSR count). The van der Waals surface area contributed by atoms with Crippen molar-refractivity contribution in [1.82, 2.24) is 0 Å². The van der Waals surface area contributed by atoms with E-state index in [0.717, 1.165) is 5.56 Å². The van der Waals surface area contributed by atoms with Crippen molar-refractivity contribution in [1.29, 1.82) is 0 Å². The van der Waals surface area contributed by atoms with Gasteiger partial charge in [0.2, 0.25) is 0 Å². The number of aromatic hydroxyl groups is 1. The average Bonchev–Trinajstić information content (AvgIpc) is 2.01. The highest BCUT2D eigenvalue weighted by Gasteiger charge is 2.17. The van der Waals surface area contributed by atoms with Gasteiger partial charge in [-0.25, -0.2) is 10.9 Å². The molecule has 0 saturated carbocycles. The number of benzene rings is 1. The molecule has 0 radical (unpaired) electrons. The van der Waals surface area contributed by atoms with Crippen LogP contribution in [-0.4, -0.2) is 17.6 Å². The van der Waals surface area contributed by atoms with E-state index < -0.39 is 0 Å². The Bertz CT molecular complexity index is 324. The SMILES string of the molecule is C[SH](C)c1ccc(C(C)(C)C)c(O)c1. The van der Waals surface area contributed by atoms with Gasteiger partial charge in [0.25, 0.3) is 0 Å². The van der Waals surface area contributed by atoms with Gasteiger partial charge in [-0.15, -0.1) is 0 Å². The van der Waals surface area contributed by atoms with Crippen LogP contribution in [0.5, 0.6) is 5.75 Å². The summed E-state index contributed by atoms with van der Waals surface area (Å²) in [7, 11) is -0.120. The summed E-state index contributed by atoms with van der Waals surface area (Å²) in [4.78, 5) is 1.26. The Hall–Kier alpha value is -0.630. The van der Waals surface area contributed by atoms with Gasteiger partial charge in [0, 0.05) is 0 Å². The zero-order valence-electron chi connectivity index (χ0n) is 9.63. The quantitative estimate of drug-likeness (QED) is 0.684. The monoisotopic (exact) mass is 212 g/mol. The molecule has 14 heavy (non-hydrogen) atoms. The molecule has 80 valence electrons. The molecule has 1 aromatic carbocycles. The van der Waals surface area contributed by atoms with Crippen molar-refractivity contribution < 1.29 is 5.11 Å². The molecular formula is C12H20OS. The van der Waals surface area contributed by atoms with Crippen molar-refractivity contribution in [2.45, 2.75) is 31.1 Å². The molecule has 0 amide bonds. The van der Waals surface area contributed by atoms with E-state index in [-0.39, 0.29) is 16.3 Å². The molecule has 0 aromatic heterocycles. The first-order valence-electron chi connectivity index (χ1n) is 4.83. The fourth-order valence-corrected chi connectivity index (χ4v) is 2.19. The second-order valence-electron chi connectivity index (χ2n) is 4.85. The van der Waals surface area contributed by atoms with Crippen LogP contribution in [0.2, 0.25) is 0 Å². The van der Waals surface area contributed by atoms with Crippen LogP contribution in [0.15, 0.2) is 23.1 Å². The summed E-state index contributed by atoms with van der Waals surface area (Å²) >= 11 is 0. The third-order valence-corrected chi connectivity index (χ3v) is 3.62. The van der Waals surface area contributed by atoms with Crippen LogP contribution >= 0.6 is 10.9 Å². The maximum Gasteiger partial charge on any atom is 0.120 e. The first-order chi connectivity index (χ1) is 6.32. The molecule has 0 aliphatic rings. The van der Waals surface area contributed by atoms with Crippen molar-refractivity contribution in [2.24, 2.45) is 0 Å². The van der Waals surface area contributed by atoms with Crippen LogP contribution in [0, 0.1) is 0 Å². The van der Waals surface area contributed by atoms with E-state index in [0.29, 0.717) is 5.75 Å². The lowest BCUT2D eigenvalue weighted by molar-refractivity contribution is 0.445. The molecule has 0 heterocycles. The molecule has 0 saturated heterocycles. The minimum Gasteiger partial charge on any atom is -0.508 e. The standard InChI is InChI=1S/C12H20OS/c1-12(2,3)10-7-6-9(14(4)5)8-11(10)13/h6-8,13-14H,1-5H3. The molecule has 2 heteroatoms. The maximum absolute atomic E-state index is 9.89. The molecule has 1 N–H and O–H groups in total. The Morgan fingerprint density at radius 3 is 2.07 bits per heavy atom. The van der Waals surface area contributed by atoms with Crippen LogP contribution in [0.3, 0.4) is 0 Å². The van der Waals surface area contributed by atoms with Crippen LogP contribution < -0.4 is 0 Å². The Morgan fingerprint density at radius 2 is 1.71 bits per heavy atom. The highest BCUT2D eigenvalue weighted by molar-refractivity contribution is 8.15. The number of rotatable bonds is 1. The topological polar surface area (TPSA) is 20.2 Å². The Balaban J connectivity index is 3.15. The van der Waals surface area contributed by atoms with E-state index >= 15 is 0 Å². The summed E-state index contributed by atoms with van der Waals surface area (Å²) in [5, 5.41) is 9.89. The Kier molecular flexibility index (Phi) is 3.15. The van der Waals surface area contributed by atoms with Gasteiger partial charge in [0.05, 0.1) is 0 Å². The van der Waals surface area contributed by atoms with E-state index in [1.807, 2.05) is 12.1 Å². The lowest BCUT2D eigenvalue weighted by Gasteiger charge is -2.21. The molecule has 0 unspecified atom stereocenters. The molecular weight excluding hydrogens is 192 g/mol. The van der Waals surface area contributed by atoms with Gasteiger partial charge in [-0.05, 0) is 40.5 Å². The predicted octanol–water partition coefficient (Wildman–Crippen LogP) is 3.31. The Labute approximate surface area is 89.5 Å². The minimum atomic E-state index is -0.120. The molecule has 1 nitrogen and oxygen atoms in total. The molecule has 1 aromatic rings. The van der Waals surface area contributed by atoms with Gasteiger partial charge < -0.3 is 5.11 Å². The first kappa shape index (κ1) is 11.4. The van der Waals surface area contributed by atoms with E-state index in [1.54, 1.807) is 0 Å². The maximum atomic E-state index is 9.89. The van der Waals surface area contributed by atoms with Crippen molar-refractivity contribution >= 4 is 10.9 Å². The van der Waals surface area contributed by atoms with Crippen molar-refractivity contribution in [3.63, 3.8) is 0 Å². The second kappa shape index (κ2) is 3.85. The fourth-order valence-electron chi connectivity index (χ4n) is 1.43. The van der Waals surface area contributed by atoms with Crippen LogP contribution in [0.25, 0.3) is 0 Å². The van der Waals surface area contributed by atoms with Gasteiger partial charge in [-0.2, -0.15) is 0 Å². The number of thiol groups is 1. The van der Waals surface area contributed by atoms with Gasteiger partial charge >= 0.3 is 0 Å². The summed E-state index contributed by atoms with van der Waals surface area (Å²) in [5.41, 5.74) is 1.05. The largest absolute Gasteiger partial charge is 0.508 e. The van der Waals surface area contributed by atoms with Gasteiger partial charge in [-0.3, -0.25) is 0 Å². The summed E-state index contributed by atoms with van der Waals surface area (Å²) in [6.45, 7) is 6.34. The summed E-state index contributed by atoms with van der Waals surface area (Å²) in [5.74, 6) is 0.436. The third-order valence-electron chi connectivity index (χ3n) is 2.31. The second-order valence-corrected chi connectivity index (χ2v) is 7.15. The molecule has 0 atom stereocenters. The van der Waals surface area contributed by atoms with Gasteiger partial charge in [-0.1, -0.05) is 26.8 Å². The summed E-state index contributed by atoms with van der Waals surface area (Å²) < 4.78 is 0. The van der Waals surface area contributed by atoms with E-state index in [1.165, 1.54) is 4.90 Å². The molecule has 0 aliphatic heterocycles. The summed E-state index contributed by atoms with van der Waals surface area (Å²) in [6.07, 6.45) is 4.39. The van der Waals surface area contributed by atoms with Crippen LogP contribution in [-0.2, 0) is 5.41 Å². The molecule has 0 spiro atoms.